The summed E-state index contributed by atoms with van der Waals surface area (Å²) in [5.74, 6) is -0.148. The largest absolute Gasteiger partial charge is 0.364 e. The van der Waals surface area contributed by atoms with Crippen molar-refractivity contribution in [3.8, 4) is 0 Å². The van der Waals surface area contributed by atoms with Crippen LogP contribution < -0.4 is 11.1 Å². The fraction of sp³-hybridized carbons (Fsp3) is 0.529. The van der Waals surface area contributed by atoms with Crippen molar-refractivity contribution in [3.63, 3.8) is 0 Å². The van der Waals surface area contributed by atoms with Gasteiger partial charge < -0.3 is 20.7 Å². The summed E-state index contributed by atoms with van der Waals surface area (Å²) in [7, 11) is 0. The number of hydrogen-bond donors (Lipinski definition) is 2. The molecule has 2 fully saturated rings. The van der Waals surface area contributed by atoms with Crippen LogP contribution in [0.2, 0.25) is 0 Å². The molecule has 3 N–H and O–H groups in total. The van der Waals surface area contributed by atoms with Gasteiger partial charge in [-0.15, -0.1) is 0 Å². The topological polar surface area (TPSA) is 84.7 Å². The number of carbonyl (C=O) groups is 2. The quantitative estimate of drug-likeness (QED) is 0.878. The van der Waals surface area contributed by atoms with E-state index < -0.39 is 6.10 Å². The second kappa shape index (κ2) is 7.10. The highest BCUT2D eigenvalue weighted by atomic mass is 16.5. The van der Waals surface area contributed by atoms with Crippen LogP contribution in [0, 0.1) is 0 Å². The number of likely N-dealkylation sites (tertiary alicyclic amines) is 1. The van der Waals surface area contributed by atoms with Crippen LogP contribution in [-0.4, -0.2) is 48.6 Å². The fourth-order valence-corrected chi connectivity index (χ4v) is 3.13. The molecule has 0 unspecified atom stereocenters. The summed E-state index contributed by atoms with van der Waals surface area (Å²) in [5, 5.41) is 2.84. The van der Waals surface area contributed by atoms with Crippen molar-refractivity contribution < 1.29 is 14.3 Å². The van der Waals surface area contributed by atoms with Gasteiger partial charge in [-0.2, -0.15) is 0 Å². The summed E-state index contributed by atoms with van der Waals surface area (Å²) in [5.41, 5.74) is 6.80. The van der Waals surface area contributed by atoms with E-state index >= 15 is 0 Å². The summed E-state index contributed by atoms with van der Waals surface area (Å²) in [4.78, 5) is 26.5. The third kappa shape index (κ3) is 3.71. The van der Waals surface area contributed by atoms with E-state index in [2.05, 4.69) is 5.32 Å². The van der Waals surface area contributed by atoms with Gasteiger partial charge >= 0.3 is 0 Å². The molecule has 0 aliphatic carbocycles. The first-order chi connectivity index (χ1) is 11.2. The summed E-state index contributed by atoms with van der Waals surface area (Å²) in [6.07, 6.45) is 3.12. The van der Waals surface area contributed by atoms with Crippen LogP contribution in [-0.2, 0) is 9.53 Å². The zero-order valence-electron chi connectivity index (χ0n) is 13.2. The maximum atomic E-state index is 12.4. The molecule has 1 aromatic rings. The SMILES string of the molecule is NC[C@H]1CC[C@@H](C(=O)Nc2cccc(C(=O)N3CCCC3)c2)O1. The van der Waals surface area contributed by atoms with Gasteiger partial charge in [-0.1, -0.05) is 6.07 Å². The Morgan fingerprint density at radius 1 is 1.26 bits per heavy atom. The molecule has 2 aliphatic rings. The maximum Gasteiger partial charge on any atom is 0.253 e. The Labute approximate surface area is 136 Å². The zero-order chi connectivity index (χ0) is 16.2. The van der Waals surface area contributed by atoms with Crippen LogP contribution in [0.25, 0.3) is 0 Å². The lowest BCUT2D eigenvalue weighted by Gasteiger charge is -2.16. The van der Waals surface area contributed by atoms with Gasteiger partial charge in [0.05, 0.1) is 6.10 Å². The van der Waals surface area contributed by atoms with Crippen molar-refractivity contribution in [2.45, 2.75) is 37.9 Å². The Morgan fingerprint density at radius 3 is 2.74 bits per heavy atom. The Hall–Kier alpha value is -1.92. The molecule has 0 aromatic heterocycles. The van der Waals surface area contributed by atoms with Gasteiger partial charge in [0.15, 0.2) is 0 Å². The minimum atomic E-state index is -0.457. The smallest absolute Gasteiger partial charge is 0.253 e. The Morgan fingerprint density at radius 2 is 2.04 bits per heavy atom. The second-order valence-corrected chi connectivity index (χ2v) is 6.13. The summed E-state index contributed by atoms with van der Waals surface area (Å²) in [6.45, 7) is 2.06. The van der Waals surface area contributed by atoms with Crippen LogP contribution in [0.4, 0.5) is 5.69 Å². The predicted octanol–water partition coefficient (Wildman–Crippen LogP) is 1.37. The van der Waals surface area contributed by atoms with E-state index in [-0.39, 0.29) is 17.9 Å². The molecule has 2 amide bonds. The van der Waals surface area contributed by atoms with Crippen molar-refractivity contribution in [1.82, 2.24) is 4.90 Å². The molecule has 0 saturated carbocycles. The second-order valence-electron chi connectivity index (χ2n) is 6.13. The van der Waals surface area contributed by atoms with Crippen molar-refractivity contribution >= 4 is 17.5 Å². The molecule has 6 heteroatoms. The molecule has 124 valence electrons. The van der Waals surface area contributed by atoms with Gasteiger partial charge in [-0.3, -0.25) is 9.59 Å². The molecular weight excluding hydrogens is 294 g/mol. The maximum absolute atomic E-state index is 12.4. The summed E-state index contributed by atoms with van der Waals surface area (Å²) in [6, 6.07) is 7.09. The zero-order valence-corrected chi connectivity index (χ0v) is 13.2. The molecule has 23 heavy (non-hydrogen) atoms. The molecule has 0 radical (unpaired) electrons. The van der Waals surface area contributed by atoms with E-state index in [0.29, 0.717) is 24.2 Å². The number of nitrogens with two attached hydrogens (primary N) is 1. The Kier molecular flexibility index (Phi) is 4.93. The van der Waals surface area contributed by atoms with E-state index in [4.69, 9.17) is 10.5 Å². The van der Waals surface area contributed by atoms with Gasteiger partial charge in [0.1, 0.15) is 6.10 Å². The first kappa shape index (κ1) is 16.0. The van der Waals surface area contributed by atoms with Gasteiger partial charge in [-0.05, 0) is 43.9 Å². The molecule has 2 saturated heterocycles. The monoisotopic (exact) mass is 317 g/mol. The van der Waals surface area contributed by atoms with E-state index in [1.54, 1.807) is 24.3 Å². The predicted molar refractivity (Wildman–Crippen MR) is 87.2 cm³/mol. The van der Waals surface area contributed by atoms with E-state index in [1.165, 1.54) is 0 Å². The van der Waals surface area contributed by atoms with Crippen LogP contribution in [0.15, 0.2) is 24.3 Å². The number of amides is 2. The van der Waals surface area contributed by atoms with Crippen molar-refractivity contribution in [2.75, 3.05) is 25.0 Å². The molecule has 2 aliphatic heterocycles. The molecule has 6 nitrogen and oxygen atoms in total. The van der Waals surface area contributed by atoms with Crippen LogP contribution in [0.5, 0.6) is 0 Å². The number of ether oxygens (including phenoxy) is 1. The first-order valence-corrected chi connectivity index (χ1v) is 8.23. The van der Waals surface area contributed by atoms with E-state index in [9.17, 15) is 9.59 Å². The normalized spacial score (nSPS) is 24.0. The molecule has 2 atom stereocenters. The Balaban J connectivity index is 1.63. The lowest BCUT2D eigenvalue weighted by molar-refractivity contribution is -0.126. The lowest BCUT2D eigenvalue weighted by Crippen LogP contribution is -2.30. The lowest BCUT2D eigenvalue weighted by atomic mass is 10.1. The highest BCUT2D eigenvalue weighted by Gasteiger charge is 2.30. The number of nitrogens with zero attached hydrogens (tertiary/aromatic N) is 1. The number of hydrogen-bond acceptors (Lipinski definition) is 4. The molecule has 3 rings (SSSR count). The Bertz CT molecular complexity index is 584. The van der Waals surface area contributed by atoms with Gasteiger partial charge in [0.25, 0.3) is 11.8 Å². The molecule has 1 aromatic carbocycles. The third-order valence-electron chi connectivity index (χ3n) is 4.43. The van der Waals surface area contributed by atoms with Crippen molar-refractivity contribution in [2.24, 2.45) is 5.73 Å². The third-order valence-corrected chi connectivity index (χ3v) is 4.43. The molecular formula is C17H23N3O3. The number of nitrogens with one attached hydrogen (secondary N) is 1. The van der Waals surface area contributed by atoms with Crippen LogP contribution >= 0.6 is 0 Å². The number of rotatable bonds is 4. The minimum Gasteiger partial charge on any atom is -0.364 e. The first-order valence-electron chi connectivity index (χ1n) is 8.23. The summed E-state index contributed by atoms with van der Waals surface area (Å²) < 4.78 is 5.59. The van der Waals surface area contributed by atoms with E-state index in [0.717, 1.165) is 32.4 Å². The number of benzene rings is 1. The average molecular weight is 317 g/mol. The van der Waals surface area contributed by atoms with Crippen LogP contribution in [0.3, 0.4) is 0 Å². The fourth-order valence-electron chi connectivity index (χ4n) is 3.13. The van der Waals surface area contributed by atoms with Gasteiger partial charge in [-0.25, -0.2) is 0 Å². The number of anilines is 1. The minimum absolute atomic E-state index is 0.0268. The highest BCUT2D eigenvalue weighted by molar-refractivity contribution is 5.98. The van der Waals surface area contributed by atoms with Crippen molar-refractivity contribution in [3.05, 3.63) is 29.8 Å². The average Bonchev–Trinajstić information content (AvgIpc) is 3.25. The molecule has 2 heterocycles. The summed E-state index contributed by atoms with van der Waals surface area (Å²) >= 11 is 0. The van der Waals surface area contributed by atoms with Gasteiger partial charge in [0, 0.05) is 30.9 Å². The number of carbonyl (C=O) groups excluding carboxylic acids is 2. The van der Waals surface area contributed by atoms with Gasteiger partial charge in [0.2, 0.25) is 0 Å². The van der Waals surface area contributed by atoms with E-state index in [1.807, 2.05) is 4.90 Å². The van der Waals surface area contributed by atoms with Crippen LogP contribution in [0.1, 0.15) is 36.0 Å². The molecule has 0 bridgehead atoms. The standard InChI is InChI=1S/C17H23N3O3/c18-11-14-6-7-15(23-14)16(21)19-13-5-3-4-12(10-13)17(22)20-8-1-2-9-20/h3-5,10,14-15H,1-2,6-9,11,18H2,(H,19,21)/t14-,15+/m1/s1. The highest BCUT2D eigenvalue weighted by Crippen LogP contribution is 2.21. The van der Waals surface area contributed by atoms with Crippen molar-refractivity contribution in [1.29, 1.82) is 0 Å². The molecule has 0 spiro atoms.